The molecular formula is C104H94Cl4N20O11S5. The van der Waals surface area contributed by atoms with Gasteiger partial charge in [-0.2, -0.15) is 15.0 Å². The lowest BCUT2D eigenvalue weighted by molar-refractivity contribution is 0.188. The summed E-state index contributed by atoms with van der Waals surface area (Å²) in [5.74, 6) is 4.17. The molecule has 0 amide bonds. The van der Waals surface area contributed by atoms with Crippen molar-refractivity contribution >= 4 is 238 Å². The van der Waals surface area contributed by atoms with E-state index in [0.717, 1.165) is 229 Å². The van der Waals surface area contributed by atoms with Crippen molar-refractivity contribution in [1.82, 2.24) is 74.3 Å². The fourth-order valence-electron chi connectivity index (χ4n) is 17.9. The highest BCUT2D eigenvalue weighted by molar-refractivity contribution is 7.23. The molecule has 0 spiro atoms. The topological polar surface area (TPSA) is 333 Å². The largest absolute Gasteiger partial charge is 0.422 e. The monoisotopic (exact) mass is 2100 g/mol. The van der Waals surface area contributed by atoms with Gasteiger partial charge >= 0.3 is 28.1 Å². The molecule has 25 rings (SSSR count). The van der Waals surface area contributed by atoms with Crippen LogP contribution in [-0.2, 0) is 0 Å². The summed E-state index contributed by atoms with van der Waals surface area (Å²) in [5, 5.41) is 18.3. The summed E-state index contributed by atoms with van der Waals surface area (Å²) in [6.45, 7) is 26.2. The fraction of sp³-hybridized carbons (Fsp3) is 0.279. The molecule has 40 heteroatoms. The maximum absolute atomic E-state index is 12.7. The molecule has 0 saturated carbocycles. The summed E-state index contributed by atoms with van der Waals surface area (Å²) in [7, 11) is 4.23. The van der Waals surface area contributed by atoms with Crippen molar-refractivity contribution in [3.05, 3.63) is 261 Å². The van der Waals surface area contributed by atoms with Gasteiger partial charge in [0.05, 0.1) is 83.5 Å². The molecular weight excluding hydrogens is 2010 g/mol. The van der Waals surface area contributed by atoms with Crippen molar-refractivity contribution in [3.8, 4) is 52.9 Å². The van der Waals surface area contributed by atoms with E-state index in [0.29, 0.717) is 130 Å². The smallest absolute Gasteiger partial charge is 0.347 e. The number of aliphatic hydroxyl groups excluding tert-OH is 1. The standard InChI is InChI=1S/C22H21ClN4O2S.C21H19ClN4O3S.C21H19ClN4O2S.C20H17ClN4O2S.C20H18N4O2S/c1-2-8-26-9-11-27(12-10-26)18-7-6-14-13-15(22(28)29-20(14)24-18)21-25-19-16(23)4-3-5-17(19)30-21;22-15-2-1-3-16-18(15)24-20(30-16)14-12-13-4-5-17(23-19(13)29-21(14)28)26-8-6-25(7-9-26)10-11-27;1-2-25-8-10-26(11-9-25)17-7-6-13-12-14(21(27)28-19(13)23-17)20-24-18-15(22)4-3-5-16(18)29-20;1-24-5-7-25(8-6-24)17-10-15-12(11-22-17)9-13(20(26)27-15)19-23-18-14(21)3-2-4-16(18)28-19;1-23-6-8-24(9-7-23)18-11-16-13(12-21-18)10-14(20(25)26-16)19-22-15-4-2-3-5-17(15)27-19/h3-7,13H,2,8-12H2,1H3;1-5,12,27H,6-11H2;3-7,12H,2,8-11H2,1H3;2-4,9-11H,5-8H2,1H3;2-5,10-12H,6-9H2,1H3. The molecule has 15 aromatic heterocycles. The number of para-hydroxylation sites is 5. The number of anilines is 5. The number of nitrogens with zero attached hydrogens (tertiary/aromatic N) is 20. The highest BCUT2D eigenvalue weighted by Crippen LogP contribution is 2.41. The predicted molar refractivity (Wildman–Crippen MR) is 583 cm³/mol. The molecule has 0 bridgehead atoms. The maximum Gasteiger partial charge on any atom is 0.347 e. The second-order valence-corrected chi connectivity index (χ2v) is 42.2. The molecule has 0 unspecified atom stereocenters. The van der Waals surface area contributed by atoms with Crippen molar-refractivity contribution in [3.63, 3.8) is 0 Å². The molecule has 5 fully saturated rings. The molecule has 20 aromatic rings. The Morgan fingerprint density at radius 2 is 0.604 bits per heavy atom. The first-order chi connectivity index (χ1) is 70.1. The number of rotatable bonds is 15. The van der Waals surface area contributed by atoms with E-state index in [2.05, 4.69) is 127 Å². The number of aliphatic hydroxyl groups is 1. The number of hydrogen-bond acceptors (Lipinski definition) is 36. The van der Waals surface area contributed by atoms with Crippen molar-refractivity contribution < 1.29 is 27.2 Å². The number of likely N-dealkylation sites (N-methyl/N-ethyl adjacent to an activating group) is 3. The SMILES string of the molecule is CCCN1CCN(c2ccc3cc(-c4nc5c(Cl)cccc5s4)c(=O)oc3n2)CC1.CCN1CCN(c2ccc3cc(-c4nc5c(Cl)cccc5s4)c(=O)oc3n2)CC1.CN1CCN(c2cc3oc(=O)c(-c4nc5c(Cl)cccc5s4)cc3cn2)CC1.CN1CCN(c2cc3oc(=O)c(-c4nc5ccccc5s4)cc3cn2)CC1.O=c1oc2nc(N3CCN(CCO)CC3)ccc2cc1-c1nc2c(Cl)cccc2s1. The van der Waals surface area contributed by atoms with Crippen LogP contribution in [0.3, 0.4) is 0 Å². The lowest BCUT2D eigenvalue weighted by Gasteiger charge is -2.35. The van der Waals surface area contributed by atoms with Gasteiger partial charge < -0.3 is 66.4 Å². The molecule has 5 aliphatic heterocycles. The number of hydrogen-bond donors (Lipinski definition) is 1. The van der Waals surface area contributed by atoms with Crippen LogP contribution in [0.1, 0.15) is 20.3 Å². The van der Waals surface area contributed by atoms with Gasteiger partial charge in [0.25, 0.3) is 0 Å². The Labute approximate surface area is 862 Å². The molecule has 0 atom stereocenters. The first-order valence-corrected chi connectivity index (χ1v) is 52.9. The van der Waals surface area contributed by atoms with Crippen molar-refractivity contribution in [2.45, 2.75) is 20.3 Å². The van der Waals surface area contributed by atoms with E-state index in [1.165, 1.54) is 63.1 Å². The molecule has 144 heavy (non-hydrogen) atoms. The Morgan fingerprint density at radius 3 is 0.938 bits per heavy atom. The van der Waals surface area contributed by atoms with Crippen molar-refractivity contribution in [2.24, 2.45) is 0 Å². The van der Waals surface area contributed by atoms with E-state index >= 15 is 0 Å². The zero-order valence-corrected chi connectivity index (χ0v) is 85.7. The van der Waals surface area contributed by atoms with Gasteiger partial charge in [-0.1, -0.05) is 96.6 Å². The minimum Gasteiger partial charge on any atom is -0.422 e. The van der Waals surface area contributed by atoms with E-state index < -0.39 is 22.5 Å². The van der Waals surface area contributed by atoms with Gasteiger partial charge in [-0.25, -0.2) is 58.9 Å². The van der Waals surface area contributed by atoms with Crippen LogP contribution in [0.4, 0.5) is 29.1 Å². The van der Waals surface area contributed by atoms with Gasteiger partial charge in [0.1, 0.15) is 87.4 Å². The Bertz CT molecular complexity index is 8300. The van der Waals surface area contributed by atoms with Crippen LogP contribution >= 0.6 is 103 Å². The lowest BCUT2D eigenvalue weighted by atomic mass is 10.2. The first kappa shape index (κ1) is 97.4. The van der Waals surface area contributed by atoms with Crippen LogP contribution in [0.5, 0.6) is 0 Å². The number of β-amino-alcohol motifs (C(OH)–C–C–N with tert-alkyl or cyclic N) is 1. The van der Waals surface area contributed by atoms with E-state index in [9.17, 15) is 24.0 Å². The Kier molecular flexibility index (Phi) is 29.0. The maximum atomic E-state index is 12.7. The van der Waals surface area contributed by atoms with Crippen molar-refractivity contribution in [2.75, 3.05) is 196 Å². The van der Waals surface area contributed by atoms with Crippen LogP contribution in [0.15, 0.2) is 234 Å². The van der Waals surface area contributed by atoms with Crippen LogP contribution in [-0.4, -0.2) is 251 Å². The third-order valence-electron chi connectivity index (χ3n) is 26.0. The fourth-order valence-corrected chi connectivity index (χ4v) is 24.0. The Balaban J connectivity index is 0.000000106. The molecule has 0 aliphatic carbocycles. The molecule has 5 aliphatic rings. The van der Waals surface area contributed by atoms with Gasteiger partial charge in [0.15, 0.2) is 0 Å². The van der Waals surface area contributed by atoms with E-state index in [1.54, 1.807) is 54.9 Å². The van der Waals surface area contributed by atoms with Crippen LogP contribution in [0, 0.1) is 0 Å². The Hall–Kier alpha value is -12.7. The van der Waals surface area contributed by atoms with Crippen LogP contribution in [0.2, 0.25) is 20.1 Å². The zero-order chi connectivity index (χ0) is 98.9. The lowest BCUT2D eigenvalue weighted by Crippen LogP contribution is -2.47. The van der Waals surface area contributed by atoms with Gasteiger partial charge in [-0.05, 0) is 161 Å². The minimum atomic E-state index is -0.463. The number of thiazole rings is 5. The molecule has 31 nitrogen and oxygen atoms in total. The summed E-state index contributed by atoms with van der Waals surface area (Å²) in [5.41, 5.74) is 5.90. The van der Waals surface area contributed by atoms with E-state index in [4.69, 9.17) is 73.6 Å². The molecule has 20 heterocycles. The normalized spacial score (nSPS) is 15.5. The summed E-state index contributed by atoms with van der Waals surface area (Å²) >= 11 is 32.1. The first-order valence-electron chi connectivity index (χ1n) is 47.3. The number of benzene rings is 5. The average molecular weight is 2100 g/mol. The summed E-state index contributed by atoms with van der Waals surface area (Å²) in [6.07, 6.45) is 4.71. The number of aromatic nitrogens is 10. The summed E-state index contributed by atoms with van der Waals surface area (Å²) < 4.78 is 32.8. The summed E-state index contributed by atoms with van der Waals surface area (Å²) in [6, 6.07) is 54.8. The predicted octanol–water partition coefficient (Wildman–Crippen LogP) is 19.2. The summed E-state index contributed by atoms with van der Waals surface area (Å²) in [4.78, 5) is 132. The molecule has 0 radical (unpaired) electrons. The highest BCUT2D eigenvalue weighted by Gasteiger charge is 2.28. The van der Waals surface area contributed by atoms with Crippen LogP contribution in [0.25, 0.3) is 159 Å². The van der Waals surface area contributed by atoms with Gasteiger partial charge in [0, 0.05) is 189 Å². The second-order valence-electron chi connectivity index (χ2n) is 35.4. The van der Waals surface area contributed by atoms with E-state index in [-0.39, 0.29) is 12.2 Å². The number of pyridine rings is 5. The van der Waals surface area contributed by atoms with Gasteiger partial charge in [0.2, 0.25) is 17.1 Å². The van der Waals surface area contributed by atoms with Crippen LogP contribution < -0.4 is 52.6 Å². The molecule has 734 valence electrons. The van der Waals surface area contributed by atoms with Gasteiger partial charge in [-0.3, -0.25) is 9.80 Å². The minimum absolute atomic E-state index is 0.169. The van der Waals surface area contributed by atoms with Gasteiger partial charge in [-0.15, -0.1) is 56.7 Å². The third kappa shape index (κ3) is 21.1. The number of piperazine rings is 5. The third-order valence-corrected chi connectivity index (χ3v) is 32.5. The van der Waals surface area contributed by atoms with E-state index in [1.807, 2.05) is 133 Å². The Morgan fingerprint density at radius 1 is 0.306 bits per heavy atom. The zero-order valence-electron chi connectivity index (χ0n) is 78.6. The highest BCUT2D eigenvalue weighted by atomic mass is 35.5. The second kappa shape index (κ2) is 42.9. The molecule has 5 saturated heterocycles. The quantitative estimate of drug-likeness (QED) is 0.0996. The average Bonchev–Trinajstić information content (AvgIpc) is 1.62. The number of fused-ring (bicyclic) bond motifs is 10. The molecule has 5 aromatic carbocycles. The van der Waals surface area contributed by atoms with Crippen molar-refractivity contribution in [1.29, 1.82) is 0 Å². The molecule has 1 N–H and O–H groups in total. The number of halogens is 4.